The van der Waals surface area contributed by atoms with Gasteiger partial charge in [0.1, 0.15) is 0 Å². The molecule has 1 aliphatic rings. The van der Waals surface area contributed by atoms with Gasteiger partial charge in [0.05, 0.1) is 33.5 Å². The maximum absolute atomic E-state index is 5.98. The summed E-state index contributed by atoms with van der Waals surface area (Å²) >= 11 is 5.98. The summed E-state index contributed by atoms with van der Waals surface area (Å²) < 4.78 is 22.0. The Morgan fingerprint density at radius 1 is 1.10 bits per heavy atom. The molecule has 1 fully saturated rings. The van der Waals surface area contributed by atoms with E-state index in [-0.39, 0.29) is 6.10 Å². The molecule has 4 rings (SSSR count). The highest BCUT2D eigenvalue weighted by Gasteiger charge is 2.24. The molecule has 1 atom stereocenters. The number of nitrogens with zero attached hydrogens (tertiary/aromatic N) is 3. The molecule has 0 amide bonds. The number of aromatic nitrogens is 2. The van der Waals surface area contributed by atoms with Gasteiger partial charge >= 0.3 is 0 Å². The van der Waals surface area contributed by atoms with Crippen molar-refractivity contribution in [2.45, 2.75) is 12.6 Å². The van der Waals surface area contributed by atoms with Gasteiger partial charge in [-0.3, -0.25) is 4.90 Å². The molecule has 1 saturated heterocycles. The zero-order valence-corrected chi connectivity index (χ0v) is 17.1. The van der Waals surface area contributed by atoms with E-state index in [1.807, 2.05) is 42.5 Å². The molecule has 1 aliphatic heterocycles. The van der Waals surface area contributed by atoms with Crippen molar-refractivity contribution in [1.29, 1.82) is 0 Å². The molecule has 0 spiro atoms. The van der Waals surface area contributed by atoms with E-state index in [2.05, 4.69) is 15.0 Å². The summed E-state index contributed by atoms with van der Waals surface area (Å²) in [4.78, 5) is 6.79. The second kappa shape index (κ2) is 8.82. The SMILES string of the molecule is COc1ccc(-c2noc(CN3CCOC(c4ccc(Cl)cc4)C3)n2)cc1OC. The summed E-state index contributed by atoms with van der Waals surface area (Å²) in [6, 6.07) is 13.3. The molecule has 2 heterocycles. The Morgan fingerprint density at radius 2 is 1.90 bits per heavy atom. The van der Waals surface area contributed by atoms with Gasteiger partial charge in [-0.25, -0.2) is 0 Å². The zero-order chi connectivity index (χ0) is 20.2. The first kappa shape index (κ1) is 19.7. The van der Waals surface area contributed by atoms with Gasteiger partial charge in [0.2, 0.25) is 11.7 Å². The lowest BCUT2D eigenvalue weighted by Crippen LogP contribution is -2.37. The van der Waals surface area contributed by atoms with E-state index in [0.717, 1.165) is 29.2 Å². The van der Waals surface area contributed by atoms with Crippen molar-refractivity contribution in [1.82, 2.24) is 15.0 Å². The van der Waals surface area contributed by atoms with E-state index in [1.165, 1.54) is 0 Å². The molecular formula is C21H22ClN3O4. The first-order valence-corrected chi connectivity index (χ1v) is 9.68. The molecule has 0 N–H and O–H groups in total. The summed E-state index contributed by atoms with van der Waals surface area (Å²) in [5.41, 5.74) is 1.91. The molecule has 0 saturated carbocycles. The van der Waals surface area contributed by atoms with Gasteiger partial charge in [-0.1, -0.05) is 28.9 Å². The number of methoxy groups -OCH3 is 2. The van der Waals surface area contributed by atoms with Gasteiger partial charge in [0.15, 0.2) is 11.5 Å². The van der Waals surface area contributed by atoms with Gasteiger partial charge in [-0.15, -0.1) is 0 Å². The normalized spacial score (nSPS) is 17.3. The Hall–Kier alpha value is -2.61. The number of rotatable bonds is 6. The minimum atomic E-state index is -0.00532. The number of hydrogen-bond acceptors (Lipinski definition) is 7. The second-order valence-electron chi connectivity index (χ2n) is 6.73. The van der Waals surface area contributed by atoms with Crippen LogP contribution in [0.2, 0.25) is 5.02 Å². The topological polar surface area (TPSA) is 69.9 Å². The Kier molecular flexibility index (Phi) is 5.99. The van der Waals surface area contributed by atoms with Gasteiger partial charge in [-0.2, -0.15) is 4.98 Å². The Morgan fingerprint density at radius 3 is 2.66 bits per heavy atom. The van der Waals surface area contributed by atoms with Crippen LogP contribution in [0.25, 0.3) is 11.4 Å². The van der Waals surface area contributed by atoms with Crippen LogP contribution >= 0.6 is 11.6 Å². The quantitative estimate of drug-likeness (QED) is 0.603. The molecule has 152 valence electrons. The molecular weight excluding hydrogens is 394 g/mol. The average molecular weight is 416 g/mol. The fourth-order valence-electron chi connectivity index (χ4n) is 3.33. The summed E-state index contributed by atoms with van der Waals surface area (Å²) in [5.74, 6) is 2.35. The van der Waals surface area contributed by atoms with Crippen molar-refractivity contribution in [3.8, 4) is 22.9 Å². The Balaban J connectivity index is 1.44. The summed E-state index contributed by atoms with van der Waals surface area (Å²) in [6.45, 7) is 2.76. The maximum Gasteiger partial charge on any atom is 0.241 e. The van der Waals surface area contributed by atoms with Crippen molar-refractivity contribution in [3.05, 3.63) is 58.9 Å². The smallest absolute Gasteiger partial charge is 0.241 e. The van der Waals surface area contributed by atoms with Crippen LogP contribution in [0.3, 0.4) is 0 Å². The van der Waals surface area contributed by atoms with Crippen molar-refractivity contribution >= 4 is 11.6 Å². The molecule has 3 aromatic rings. The van der Waals surface area contributed by atoms with Crippen molar-refractivity contribution in [2.75, 3.05) is 33.9 Å². The minimum absolute atomic E-state index is 0.00532. The lowest BCUT2D eigenvalue weighted by molar-refractivity contribution is -0.0355. The predicted molar refractivity (Wildman–Crippen MR) is 108 cm³/mol. The van der Waals surface area contributed by atoms with E-state index in [1.54, 1.807) is 14.2 Å². The van der Waals surface area contributed by atoms with Gasteiger partial charge in [0.25, 0.3) is 0 Å². The molecule has 0 radical (unpaired) electrons. The third kappa shape index (κ3) is 4.53. The molecule has 2 aromatic carbocycles. The standard InChI is InChI=1S/C21H22ClN3O4/c1-26-17-8-5-15(11-18(17)27-2)21-23-20(29-24-21)13-25-9-10-28-19(12-25)14-3-6-16(22)7-4-14/h3-8,11,19H,9-10,12-13H2,1-2H3. The maximum atomic E-state index is 5.98. The van der Waals surface area contributed by atoms with Crippen LogP contribution in [-0.2, 0) is 11.3 Å². The van der Waals surface area contributed by atoms with Crippen molar-refractivity contribution in [3.63, 3.8) is 0 Å². The van der Waals surface area contributed by atoms with Crippen molar-refractivity contribution < 1.29 is 18.7 Å². The third-order valence-electron chi connectivity index (χ3n) is 4.86. The Labute approximate surface area is 174 Å². The number of morpholine rings is 1. The van der Waals surface area contributed by atoms with E-state index in [9.17, 15) is 0 Å². The van der Waals surface area contributed by atoms with E-state index < -0.39 is 0 Å². The molecule has 0 aliphatic carbocycles. The molecule has 8 heteroatoms. The summed E-state index contributed by atoms with van der Waals surface area (Å²) in [6.07, 6.45) is -0.00532. The lowest BCUT2D eigenvalue weighted by Gasteiger charge is -2.32. The van der Waals surface area contributed by atoms with Crippen LogP contribution in [0.4, 0.5) is 0 Å². The van der Waals surface area contributed by atoms with Crippen LogP contribution in [0.15, 0.2) is 47.0 Å². The van der Waals surface area contributed by atoms with Crippen LogP contribution in [-0.4, -0.2) is 49.0 Å². The summed E-state index contributed by atoms with van der Waals surface area (Å²) in [7, 11) is 3.20. The zero-order valence-electron chi connectivity index (χ0n) is 16.3. The molecule has 0 bridgehead atoms. The molecule has 1 unspecified atom stereocenters. The number of hydrogen-bond donors (Lipinski definition) is 0. The first-order valence-electron chi connectivity index (χ1n) is 9.30. The molecule has 7 nitrogen and oxygen atoms in total. The minimum Gasteiger partial charge on any atom is -0.493 e. The van der Waals surface area contributed by atoms with Crippen LogP contribution in [0.1, 0.15) is 17.6 Å². The van der Waals surface area contributed by atoms with Crippen LogP contribution in [0.5, 0.6) is 11.5 Å². The highest BCUT2D eigenvalue weighted by Crippen LogP contribution is 2.31. The number of benzene rings is 2. The van der Waals surface area contributed by atoms with Gasteiger partial charge in [0, 0.05) is 23.7 Å². The number of ether oxygens (including phenoxy) is 3. The first-order chi connectivity index (χ1) is 14.2. The van der Waals surface area contributed by atoms with Gasteiger partial charge < -0.3 is 18.7 Å². The highest BCUT2D eigenvalue weighted by molar-refractivity contribution is 6.30. The predicted octanol–water partition coefficient (Wildman–Crippen LogP) is 3.98. The molecule has 29 heavy (non-hydrogen) atoms. The summed E-state index contributed by atoms with van der Waals surface area (Å²) in [5, 5.41) is 4.83. The van der Waals surface area contributed by atoms with E-state index >= 15 is 0 Å². The lowest BCUT2D eigenvalue weighted by atomic mass is 10.1. The number of halogens is 1. The second-order valence-corrected chi connectivity index (χ2v) is 7.16. The monoisotopic (exact) mass is 415 g/mol. The fourth-order valence-corrected chi connectivity index (χ4v) is 3.45. The van der Waals surface area contributed by atoms with Crippen LogP contribution < -0.4 is 9.47 Å². The third-order valence-corrected chi connectivity index (χ3v) is 5.11. The largest absolute Gasteiger partial charge is 0.493 e. The van der Waals surface area contributed by atoms with E-state index in [4.69, 9.17) is 30.3 Å². The average Bonchev–Trinajstić information content (AvgIpc) is 3.22. The Bertz CT molecular complexity index is 961. The van der Waals surface area contributed by atoms with E-state index in [0.29, 0.717) is 36.4 Å². The van der Waals surface area contributed by atoms with Crippen molar-refractivity contribution in [2.24, 2.45) is 0 Å². The fraction of sp³-hybridized carbons (Fsp3) is 0.333. The molecule has 1 aromatic heterocycles. The highest BCUT2D eigenvalue weighted by atomic mass is 35.5. The van der Waals surface area contributed by atoms with Gasteiger partial charge in [-0.05, 0) is 35.9 Å². The van der Waals surface area contributed by atoms with Crippen LogP contribution in [0, 0.1) is 0 Å².